The first-order valence-electron chi connectivity index (χ1n) is 8.99. The first-order chi connectivity index (χ1) is 12.0. The van der Waals surface area contributed by atoms with Gasteiger partial charge in [-0.1, -0.05) is 38.3 Å². The first kappa shape index (κ1) is 19.2. The number of carbonyl (C=O) groups is 2. The molecular formula is C19H27NO5. The standard InChI is InChI=1S/C19H27NO5/c1-2-3-4-5-15(21)8-6-14-7-11-18(22)20(14)13-12-16-9-10-17(25-16)19(23)24/h6,8-10,14-15,21H,2-5,7,11-13H2,1H3,(H,23,24). The molecule has 1 aromatic rings. The Bertz CT molecular complexity index is 607. The number of aromatic carboxylic acids is 1. The summed E-state index contributed by atoms with van der Waals surface area (Å²) >= 11 is 0. The number of carbonyl (C=O) groups excluding carboxylic acids is 1. The summed E-state index contributed by atoms with van der Waals surface area (Å²) in [6.45, 7) is 2.61. The number of aliphatic hydroxyl groups is 1. The van der Waals surface area contributed by atoms with E-state index in [1.165, 1.54) is 6.07 Å². The lowest BCUT2D eigenvalue weighted by Gasteiger charge is -2.22. The molecule has 6 nitrogen and oxygen atoms in total. The molecule has 2 rings (SSSR count). The number of likely N-dealkylation sites (tertiary alicyclic amines) is 1. The monoisotopic (exact) mass is 349 g/mol. The molecule has 2 atom stereocenters. The highest BCUT2D eigenvalue weighted by atomic mass is 16.4. The molecule has 0 spiro atoms. The summed E-state index contributed by atoms with van der Waals surface area (Å²) < 4.78 is 5.23. The molecule has 1 aromatic heterocycles. The number of unbranched alkanes of at least 4 members (excludes halogenated alkanes) is 2. The third kappa shape index (κ3) is 5.74. The number of carboxylic acid groups (broad SMARTS) is 1. The SMILES string of the molecule is CCCCCC(O)C=CC1CCC(=O)N1CCc1ccc(C(=O)O)o1. The fraction of sp³-hybridized carbons (Fsp3) is 0.579. The number of amides is 1. The molecule has 0 aliphatic carbocycles. The van der Waals surface area contributed by atoms with Gasteiger partial charge in [0, 0.05) is 19.4 Å². The Morgan fingerprint density at radius 2 is 2.24 bits per heavy atom. The van der Waals surface area contributed by atoms with Crippen molar-refractivity contribution in [2.75, 3.05) is 6.54 Å². The van der Waals surface area contributed by atoms with Crippen molar-refractivity contribution < 1.29 is 24.2 Å². The number of nitrogens with zero attached hydrogens (tertiary/aromatic N) is 1. The maximum absolute atomic E-state index is 12.1. The fourth-order valence-electron chi connectivity index (χ4n) is 3.06. The average molecular weight is 349 g/mol. The molecule has 1 amide bonds. The quantitative estimate of drug-likeness (QED) is 0.500. The van der Waals surface area contributed by atoms with Gasteiger partial charge in [-0.05, 0) is 25.0 Å². The molecular weight excluding hydrogens is 322 g/mol. The van der Waals surface area contributed by atoms with Crippen LogP contribution in [0.4, 0.5) is 0 Å². The number of hydrogen-bond donors (Lipinski definition) is 2. The largest absolute Gasteiger partial charge is 0.475 e. The van der Waals surface area contributed by atoms with E-state index in [0.29, 0.717) is 25.1 Å². The molecule has 138 valence electrons. The summed E-state index contributed by atoms with van der Waals surface area (Å²) in [6, 6.07) is 3.04. The van der Waals surface area contributed by atoms with Gasteiger partial charge in [-0.3, -0.25) is 4.79 Å². The Hall–Kier alpha value is -2.08. The van der Waals surface area contributed by atoms with Gasteiger partial charge in [-0.15, -0.1) is 0 Å². The van der Waals surface area contributed by atoms with Crippen LogP contribution in [0.3, 0.4) is 0 Å². The van der Waals surface area contributed by atoms with Crippen molar-refractivity contribution in [1.82, 2.24) is 4.90 Å². The van der Waals surface area contributed by atoms with Crippen LogP contribution in [0.5, 0.6) is 0 Å². The minimum atomic E-state index is -1.10. The summed E-state index contributed by atoms with van der Waals surface area (Å²) in [5.41, 5.74) is 0. The Balaban J connectivity index is 1.86. The number of rotatable bonds is 10. The van der Waals surface area contributed by atoms with Gasteiger partial charge in [0.15, 0.2) is 0 Å². The van der Waals surface area contributed by atoms with Crippen LogP contribution >= 0.6 is 0 Å². The lowest BCUT2D eigenvalue weighted by Crippen LogP contribution is -2.33. The topological polar surface area (TPSA) is 91.0 Å². The number of carboxylic acids is 1. The molecule has 2 heterocycles. The summed E-state index contributed by atoms with van der Waals surface area (Å²) in [6.07, 6.45) is 8.95. The van der Waals surface area contributed by atoms with Crippen molar-refractivity contribution in [3.63, 3.8) is 0 Å². The average Bonchev–Trinajstić information content (AvgIpc) is 3.18. The number of aliphatic hydroxyl groups excluding tert-OH is 1. The highest BCUT2D eigenvalue weighted by Crippen LogP contribution is 2.21. The smallest absolute Gasteiger partial charge is 0.371 e. The van der Waals surface area contributed by atoms with Crippen molar-refractivity contribution in [1.29, 1.82) is 0 Å². The van der Waals surface area contributed by atoms with Gasteiger partial charge in [0.05, 0.1) is 12.1 Å². The van der Waals surface area contributed by atoms with Crippen molar-refractivity contribution in [2.24, 2.45) is 0 Å². The molecule has 2 unspecified atom stereocenters. The summed E-state index contributed by atoms with van der Waals surface area (Å²) in [5, 5.41) is 18.9. The van der Waals surface area contributed by atoms with E-state index in [2.05, 4.69) is 6.92 Å². The molecule has 1 saturated heterocycles. The van der Waals surface area contributed by atoms with E-state index in [1.807, 2.05) is 6.08 Å². The Morgan fingerprint density at radius 1 is 1.44 bits per heavy atom. The van der Waals surface area contributed by atoms with Crippen LogP contribution in [0.25, 0.3) is 0 Å². The van der Waals surface area contributed by atoms with Gasteiger partial charge >= 0.3 is 5.97 Å². The van der Waals surface area contributed by atoms with Gasteiger partial charge < -0.3 is 19.5 Å². The summed E-state index contributed by atoms with van der Waals surface area (Å²) in [7, 11) is 0. The molecule has 0 saturated carbocycles. The minimum absolute atomic E-state index is 0.0118. The summed E-state index contributed by atoms with van der Waals surface area (Å²) in [4.78, 5) is 24.7. The lowest BCUT2D eigenvalue weighted by molar-refractivity contribution is -0.128. The minimum Gasteiger partial charge on any atom is -0.475 e. The van der Waals surface area contributed by atoms with E-state index < -0.39 is 12.1 Å². The molecule has 0 bridgehead atoms. The van der Waals surface area contributed by atoms with E-state index in [9.17, 15) is 14.7 Å². The van der Waals surface area contributed by atoms with Gasteiger partial charge in [-0.25, -0.2) is 4.79 Å². The molecule has 0 aromatic carbocycles. The molecule has 25 heavy (non-hydrogen) atoms. The number of hydrogen-bond acceptors (Lipinski definition) is 4. The zero-order valence-electron chi connectivity index (χ0n) is 14.7. The zero-order chi connectivity index (χ0) is 18.2. The normalized spacial score (nSPS) is 19.0. The maximum Gasteiger partial charge on any atom is 0.371 e. The van der Waals surface area contributed by atoms with Crippen LogP contribution in [-0.4, -0.2) is 45.7 Å². The van der Waals surface area contributed by atoms with Crippen LogP contribution in [0.15, 0.2) is 28.7 Å². The second kappa shape index (κ2) is 9.42. The van der Waals surface area contributed by atoms with E-state index in [4.69, 9.17) is 9.52 Å². The van der Waals surface area contributed by atoms with Gasteiger partial charge in [0.1, 0.15) is 5.76 Å². The van der Waals surface area contributed by atoms with Crippen LogP contribution in [0, 0.1) is 0 Å². The Labute approximate surface area is 148 Å². The number of furan rings is 1. The lowest BCUT2D eigenvalue weighted by atomic mass is 10.1. The molecule has 6 heteroatoms. The van der Waals surface area contributed by atoms with Crippen LogP contribution in [0.2, 0.25) is 0 Å². The predicted octanol–water partition coefficient (Wildman–Crippen LogP) is 3.01. The highest BCUT2D eigenvalue weighted by Gasteiger charge is 2.29. The second-order valence-electron chi connectivity index (χ2n) is 6.46. The van der Waals surface area contributed by atoms with E-state index in [1.54, 1.807) is 17.0 Å². The third-order valence-electron chi connectivity index (χ3n) is 4.51. The van der Waals surface area contributed by atoms with Crippen molar-refractivity contribution >= 4 is 11.9 Å². The van der Waals surface area contributed by atoms with Crippen LogP contribution in [-0.2, 0) is 11.2 Å². The third-order valence-corrected chi connectivity index (χ3v) is 4.51. The first-order valence-corrected chi connectivity index (χ1v) is 8.99. The molecule has 1 aliphatic heterocycles. The Morgan fingerprint density at radius 3 is 2.92 bits per heavy atom. The molecule has 1 fully saturated rings. The maximum atomic E-state index is 12.1. The van der Waals surface area contributed by atoms with Crippen molar-refractivity contribution in [2.45, 2.75) is 64.0 Å². The van der Waals surface area contributed by atoms with Crippen molar-refractivity contribution in [3.05, 3.63) is 35.8 Å². The second-order valence-corrected chi connectivity index (χ2v) is 6.46. The van der Waals surface area contributed by atoms with Gasteiger partial charge in [-0.2, -0.15) is 0 Å². The van der Waals surface area contributed by atoms with Crippen molar-refractivity contribution in [3.8, 4) is 0 Å². The van der Waals surface area contributed by atoms with E-state index >= 15 is 0 Å². The van der Waals surface area contributed by atoms with E-state index in [-0.39, 0.29) is 17.7 Å². The highest BCUT2D eigenvalue weighted by molar-refractivity contribution is 5.84. The molecule has 0 radical (unpaired) electrons. The molecule has 2 N–H and O–H groups in total. The van der Waals surface area contributed by atoms with Gasteiger partial charge in [0.25, 0.3) is 0 Å². The predicted molar refractivity (Wildman–Crippen MR) is 93.4 cm³/mol. The summed E-state index contributed by atoms with van der Waals surface area (Å²) in [5.74, 6) is -0.546. The van der Waals surface area contributed by atoms with Crippen LogP contribution < -0.4 is 0 Å². The van der Waals surface area contributed by atoms with Crippen LogP contribution in [0.1, 0.15) is 61.8 Å². The molecule has 1 aliphatic rings. The van der Waals surface area contributed by atoms with Gasteiger partial charge in [0.2, 0.25) is 11.7 Å². The zero-order valence-corrected chi connectivity index (χ0v) is 14.7. The van der Waals surface area contributed by atoms with E-state index in [0.717, 1.165) is 32.1 Å². The Kier molecular flexibility index (Phi) is 7.25. The fourth-order valence-corrected chi connectivity index (χ4v) is 3.06.